The number of carbonyl (C=O) groups is 1. The molecule has 4 aromatic rings. The van der Waals surface area contributed by atoms with Crippen molar-refractivity contribution in [1.29, 1.82) is 0 Å². The molecular formula is C24H21ClN4O3. The van der Waals surface area contributed by atoms with Crippen molar-refractivity contribution >= 4 is 23.2 Å². The van der Waals surface area contributed by atoms with E-state index in [1.165, 1.54) is 4.52 Å². The summed E-state index contributed by atoms with van der Waals surface area (Å²) in [5, 5.41) is 3.69. The summed E-state index contributed by atoms with van der Waals surface area (Å²) in [6.07, 6.45) is 0.445. The number of hydrogen-bond donors (Lipinski definition) is 1. The molecule has 2 aromatic carbocycles. The molecule has 0 radical (unpaired) electrons. The molecule has 3 heterocycles. The Morgan fingerprint density at radius 3 is 2.78 bits per heavy atom. The summed E-state index contributed by atoms with van der Waals surface area (Å²) in [6, 6.07) is 16.8. The molecule has 1 aliphatic rings. The highest BCUT2D eigenvalue weighted by molar-refractivity contribution is 6.33. The number of fused-ring (bicyclic) bond motifs is 2. The van der Waals surface area contributed by atoms with Gasteiger partial charge in [0.15, 0.2) is 12.3 Å². The fourth-order valence-electron chi connectivity index (χ4n) is 3.97. The lowest BCUT2D eigenvalue weighted by molar-refractivity contribution is -0.134. The third-order valence-corrected chi connectivity index (χ3v) is 6.06. The van der Waals surface area contributed by atoms with Crippen molar-refractivity contribution in [2.75, 3.05) is 13.2 Å². The van der Waals surface area contributed by atoms with Crippen molar-refractivity contribution < 1.29 is 9.53 Å². The van der Waals surface area contributed by atoms with Gasteiger partial charge in [-0.25, -0.2) is 9.50 Å². The molecule has 0 saturated carbocycles. The number of H-pyrrole nitrogens is 1. The SMILES string of the molecule is Cc1ccccc1OCC(=O)N1CCc2c(nc3cc(-c4ccccc4Cl)[nH]n3c2=O)C1. The fraction of sp³-hybridized carbons (Fsp3) is 0.208. The summed E-state index contributed by atoms with van der Waals surface area (Å²) in [4.78, 5) is 32.2. The van der Waals surface area contributed by atoms with Crippen molar-refractivity contribution in [3.8, 4) is 17.0 Å². The van der Waals surface area contributed by atoms with Gasteiger partial charge in [-0.3, -0.25) is 14.7 Å². The molecular weight excluding hydrogens is 428 g/mol. The second-order valence-corrected chi connectivity index (χ2v) is 8.21. The number of amides is 1. The molecule has 7 nitrogen and oxygen atoms in total. The van der Waals surface area contributed by atoms with Gasteiger partial charge in [-0.05, 0) is 31.0 Å². The molecule has 0 atom stereocenters. The van der Waals surface area contributed by atoms with Gasteiger partial charge >= 0.3 is 0 Å². The zero-order valence-corrected chi connectivity index (χ0v) is 18.2. The standard InChI is InChI=1S/C24H21ClN4O3/c1-15-6-2-5-9-21(15)32-14-23(30)28-11-10-17-20(13-28)26-22-12-19(27-29(22)24(17)31)16-7-3-4-8-18(16)25/h2-9,12,27H,10-11,13-14H2,1H3. The summed E-state index contributed by atoms with van der Waals surface area (Å²) >= 11 is 6.31. The summed E-state index contributed by atoms with van der Waals surface area (Å²) in [6.45, 7) is 2.61. The molecule has 0 fully saturated rings. The van der Waals surface area contributed by atoms with Crippen molar-refractivity contribution in [3.05, 3.63) is 86.8 Å². The summed E-state index contributed by atoms with van der Waals surface area (Å²) in [5.41, 5.74) is 4.07. The molecule has 32 heavy (non-hydrogen) atoms. The Bertz CT molecular complexity index is 1390. The van der Waals surface area contributed by atoms with E-state index in [1.54, 1.807) is 17.0 Å². The quantitative estimate of drug-likeness (QED) is 0.517. The topological polar surface area (TPSA) is 79.7 Å². The van der Waals surface area contributed by atoms with Crippen LogP contribution in [0.25, 0.3) is 16.9 Å². The predicted molar refractivity (Wildman–Crippen MR) is 122 cm³/mol. The molecule has 0 aliphatic carbocycles. The third-order valence-electron chi connectivity index (χ3n) is 5.73. The Morgan fingerprint density at radius 2 is 1.97 bits per heavy atom. The largest absolute Gasteiger partial charge is 0.484 e. The van der Waals surface area contributed by atoms with Gasteiger partial charge in [0, 0.05) is 28.8 Å². The maximum Gasteiger partial charge on any atom is 0.276 e. The summed E-state index contributed by atoms with van der Waals surface area (Å²) in [7, 11) is 0. The van der Waals surface area contributed by atoms with Crippen LogP contribution in [0.2, 0.25) is 5.02 Å². The number of benzene rings is 2. The number of halogens is 1. The molecule has 0 bridgehead atoms. The van der Waals surface area contributed by atoms with Crippen LogP contribution < -0.4 is 10.3 Å². The monoisotopic (exact) mass is 448 g/mol. The highest BCUT2D eigenvalue weighted by Gasteiger charge is 2.26. The first-order valence-electron chi connectivity index (χ1n) is 10.4. The number of aromatic amines is 1. The van der Waals surface area contributed by atoms with E-state index in [9.17, 15) is 9.59 Å². The smallest absolute Gasteiger partial charge is 0.276 e. The minimum atomic E-state index is -0.147. The number of para-hydroxylation sites is 1. The number of hydrogen-bond acceptors (Lipinski definition) is 4. The average molecular weight is 449 g/mol. The van der Waals surface area contributed by atoms with E-state index in [4.69, 9.17) is 16.3 Å². The van der Waals surface area contributed by atoms with Gasteiger partial charge < -0.3 is 9.64 Å². The number of carbonyl (C=O) groups excluding carboxylic acids is 1. The minimum Gasteiger partial charge on any atom is -0.484 e. The van der Waals surface area contributed by atoms with Crippen LogP contribution in [0.15, 0.2) is 59.4 Å². The van der Waals surface area contributed by atoms with Gasteiger partial charge in [-0.1, -0.05) is 48.0 Å². The molecule has 1 N–H and O–H groups in total. The first-order valence-corrected chi connectivity index (χ1v) is 10.7. The van der Waals surface area contributed by atoms with Crippen molar-refractivity contribution in [3.63, 3.8) is 0 Å². The first kappa shape index (κ1) is 20.3. The van der Waals surface area contributed by atoms with Gasteiger partial charge in [-0.2, -0.15) is 0 Å². The number of aromatic nitrogens is 3. The van der Waals surface area contributed by atoms with E-state index < -0.39 is 0 Å². The fourth-order valence-corrected chi connectivity index (χ4v) is 4.21. The van der Waals surface area contributed by atoms with Crippen molar-refractivity contribution in [1.82, 2.24) is 19.5 Å². The molecule has 0 saturated heterocycles. The van der Waals surface area contributed by atoms with E-state index in [1.807, 2.05) is 49.4 Å². The second kappa shape index (κ2) is 8.16. The van der Waals surface area contributed by atoms with Crippen LogP contribution in [0.5, 0.6) is 5.75 Å². The van der Waals surface area contributed by atoms with Crippen molar-refractivity contribution in [2.24, 2.45) is 0 Å². The molecule has 5 rings (SSSR count). The summed E-state index contributed by atoms with van der Waals surface area (Å²) in [5.74, 6) is 0.558. The van der Waals surface area contributed by atoms with E-state index in [0.29, 0.717) is 46.3 Å². The Kier molecular flexibility index (Phi) is 5.19. The number of nitrogens with zero attached hydrogens (tertiary/aromatic N) is 3. The Balaban J connectivity index is 1.39. The van der Waals surface area contributed by atoms with Crippen LogP contribution in [-0.4, -0.2) is 38.6 Å². The van der Waals surface area contributed by atoms with E-state index >= 15 is 0 Å². The van der Waals surface area contributed by atoms with E-state index in [0.717, 1.165) is 11.1 Å². The Morgan fingerprint density at radius 1 is 1.19 bits per heavy atom. The molecule has 2 aromatic heterocycles. The molecule has 0 spiro atoms. The Hall–Kier alpha value is -3.58. The first-order chi connectivity index (χ1) is 15.5. The van der Waals surface area contributed by atoms with Crippen LogP contribution >= 0.6 is 11.6 Å². The lowest BCUT2D eigenvalue weighted by atomic mass is 10.1. The zero-order valence-electron chi connectivity index (χ0n) is 17.5. The lowest BCUT2D eigenvalue weighted by Gasteiger charge is -2.27. The maximum absolute atomic E-state index is 13.1. The van der Waals surface area contributed by atoms with Crippen LogP contribution in [0.3, 0.4) is 0 Å². The van der Waals surface area contributed by atoms with Crippen LogP contribution in [0.4, 0.5) is 0 Å². The molecule has 162 valence electrons. The molecule has 1 amide bonds. The maximum atomic E-state index is 13.1. The number of rotatable bonds is 4. The third kappa shape index (κ3) is 3.65. The normalized spacial score (nSPS) is 13.2. The predicted octanol–water partition coefficient (Wildman–Crippen LogP) is 3.62. The number of nitrogens with one attached hydrogen (secondary N) is 1. The number of aryl methyl sites for hydroxylation is 1. The zero-order chi connectivity index (χ0) is 22.2. The van der Waals surface area contributed by atoms with Crippen molar-refractivity contribution in [2.45, 2.75) is 19.9 Å². The molecule has 1 aliphatic heterocycles. The summed E-state index contributed by atoms with van der Waals surface area (Å²) < 4.78 is 7.14. The minimum absolute atomic E-state index is 0.0534. The van der Waals surface area contributed by atoms with Gasteiger partial charge in [0.2, 0.25) is 0 Å². The Labute approximate surface area is 189 Å². The van der Waals surface area contributed by atoms with E-state index in [-0.39, 0.29) is 24.6 Å². The lowest BCUT2D eigenvalue weighted by Crippen LogP contribution is -2.41. The van der Waals surface area contributed by atoms with Gasteiger partial charge in [-0.15, -0.1) is 0 Å². The van der Waals surface area contributed by atoms with Crippen LogP contribution in [0.1, 0.15) is 16.8 Å². The van der Waals surface area contributed by atoms with Gasteiger partial charge in [0.1, 0.15) is 5.75 Å². The van der Waals surface area contributed by atoms with E-state index in [2.05, 4.69) is 10.1 Å². The second-order valence-electron chi connectivity index (χ2n) is 7.80. The van der Waals surface area contributed by atoms with Gasteiger partial charge in [0.05, 0.1) is 17.9 Å². The highest BCUT2D eigenvalue weighted by atomic mass is 35.5. The number of ether oxygens (including phenoxy) is 1. The van der Waals surface area contributed by atoms with Gasteiger partial charge in [0.25, 0.3) is 11.5 Å². The average Bonchev–Trinajstić information content (AvgIpc) is 3.22. The highest BCUT2D eigenvalue weighted by Crippen LogP contribution is 2.27. The van der Waals surface area contributed by atoms with Crippen LogP contribution in [0, 0.1) is 6.92 Å². The van der Waals surface area contributed by atoms with Crippen LogP contribution in [-0.2, 0) is 17.8 Å². The molecule has 8 heteroatoms. The molecule has 0 unspecified atom stereocenters.